The standard InChI is InChI=1S/C18H27N7/c1-13(2)17-19-7-6-15(21-17)24-8-10-25(11-9-24)18-20-14(3)12-16(22-18)23(4)5/h6-7,12-13H,8-11H2,1-5H3. The molecule has 3 rings (SSSR count). The van der Waals surface area contributed by atoms with Crippen LogP contribution < -0.4 is 14.7 Å². The number of nitrogens with zero attached hydrogens (tertiary/aromatic N) is 7. The molecule has 1 saturated heterocycles. The lowest BCUT2D eigenvalue weighted by Gasteiger charge is -2.35. The Balaban J connectivity index is 1.71. The van der Waals surface area contributed by atoms with Crippen LogP contribution >= 0.6 is 0 Å². The molecular formula is C18H27N7. The van der Waals surface area contributed by atoms with Crippen LogP contribution in [-0.2, 0) is 0 Å². The summed E-state index contributed by atoms with van der Waals surface area (Å²) in [6.45, 7) is 9.84. The van der Waals surface area contributed by atoms with Crippen molar-refractivity contribution >= 4 is 17.6 Å². The minimum atomic E-state index is 0.339. The summed E-state index contributed by atoms with van der Waals surface area (Å²) >= 11 is 0. The summed E-state index contributed by atoms with van der Waals surface area (Å²) in [6, 6.07) is 4.00. The number of rotatable bonds is 4. The van der Waals surface area contributed by atoms with E-state index in [-0.39, 0.29) is 0 Å². The van der Waals surface area contributed by atoms with E-state index in [0.717, 1.165) is 55.3 Å². The zero-order chi connectivity index (χ0) is 18.0. The SMILES string of the molecule is Cc1cc(N(C)C)nc(N2CCN(c3ccnc(C(C)C)n3)CC2)n1. The summed E-state index contributed by atoms with van der Waals surface area (Å²) in [6.07, 6.45) is 1.86. The zero-order valence-electron chi connectivity index (χ0n) is 15.8. The molecule has 0 bridgehead atoms. The van der Waals surface area contributed by atoms with Crippen LogP contribution in [0.25, 0.3) is 0 Å². The van der Waals surface area contributed by atoms with Crippen molar-refractivity contribution in [2.24, 2.45) is 0 Å². The third-order valence-corrected chi connectivity index (χ3v) is 4.35. The molecule has 0 N–H and O–H groups in total. The Labute approximate surface area is 149 Å². The number of hydrogen-bond donors (Lipinski definition) is 0. The Morgan fingerprint density at radius 1 is 1.00 bits per heavy atom. The summed E-state index contributed by atoms with van der Waals surface area (Å²) in [4.78, 5) is 25.0. The Morgan fingerprint density at radius 3 is 2.32 bits per heavy atom. The van der Waals surface area contributed by atoms with Crippen LogP contribution in [-0.4, -0.2) is 60.2 Å². The summed E-state index contributed by atoms with van der Waals surface area (Å²) in [7, 11) is 4.01. The third-order valence-electron chi connectivity index (χ3n) is 4.35. The van der Waals surface area contributed by atoms with E-state index < -0.39 is 0 Å². The van der Waals surface area contributed by atoms with Gasteiger partial charge in [-0.15, -0.1) is 0 Å². The minimum absolute atomic E-state index is 0.339. The van der Waals surface area contributed by atoms with E-state index >= 15 is 0 Å². The second-order valence-electron chi connectivity index (χ2n) is 6.96. The fourth-order valence-electron chi connectivity index (χ4n) is 2.86. The molecule has 1 aliphatic heterocycles. The molecule has 0 amide bonds. The summed E-state index contributed by atoms with van der Waals surface area (Å²) < 4.78 is 0. The van der Waals surface area contributed by atoms with Gasteiger partial charge < -0.3 is 14.7 Å². The zero-order valence-corrected chi connectivity index (χ0v) is 15.8. The van der Waals surface area contributed by atoms with Crippen molar-refractivity contribution in [2.75, 3.05) is 55.0 Å². The molecule has 1 aliphatic rings. The molecule has 0 atom stereocenters. The van der Waals surface area contributed by atoms with Gasteiger partial charge in [0, 0.05) is 64.1 Å². The van der Waals surface area contributed by atoms with E-state index in [1.165, 1.54) is 0 Å². The number of hydrogen-bond acceptors (Lipinski definition) is 7. The second kappa shape index (κ2) is 7.21. The van der Waals surface area contributed by atoms with E-state index in [2.05, 4.69) is 38.6 Å². The molecule has 7 nitrogen and oxygen atoms in total. The number of piperazine rings is 1. The molecule has 3 heterocycles. The number of aryl methyl sites for hydroxylation is 1. The fraction of sp³-hybridized carbons (Fsp3) is 0.556. The minimum Gasteiger partial charge on any atom is -0.363 e. The average molecular weight is 341 g/mol. The molecule has 0 unspecified atom stereocenters. The topological polar surface area (TPSA) is 61.3 Å². The Bertz CT molecular complexity index is 721. The quantitative estimate of drug-likeness (QED) is 0.844. The van der Waals surface area contributed by atoms with Crippen LogP contribution in [0.2, 0.25) is 0 Å². The van der Waals surface area contributed by atoms with E-state index in [1.807, 2.05) is 44.2 Å². The Hall–Kier alpha value is -2.44. The summed E-state index contributed by atoms with van der Waals surface area (Å²) in [5.41, 5.74) is 0.994. The third kappa shape index (κ3) is 3.97. The highest BCUT2D eigenvalue weighted by atomic mass is 15.3. The summed E-state index contributed by atoms with van der Waals surface area (Å²) in [5, 5.41) is 0. The molecular weight excluding hydrogens is 314 g/mol. The first-order valence-corrected chi connectivity index (χ1v) is 8.80. The lowest BCUT2D eigenvalue weighted by atomic mass is 10.2. The maximum absolute atomic E-state index is 4.70. The normalized spacial score (nSPS) is 15.0. The lowest BCUT2D eigenvalue weighted by molar-refractivity contribution is 0.629. The first kappa shape index (κ1) is 17.4. The van der Waals surface area contributed by atoms with Crippen molar-refractivity contribution < 1.29 is 0 Å². The number of aromatic nitrogens is 4. The van der Waals surface area contributed by atoms with Crippen molar-refractivity contribution in [1.29, 1.82) is 0 Å². The average Bonchev–Trinajstić information content (AvgIpc) is 2.61. The van der Waals surface area contributed by atoms with Crippen LogP contribution in [0.3, 0.4) is 0 Å². The van der Waals surface area contributed by atoms with E-state index in [1.54, 1.807) is 0 Å². The highest BCUT2D eigenvalue weighted by Crippen LogP contribution is 2.20. The Kier molecular flexibility index (Phi) is 5.01. The molecule has 0 radical (unpaired) electrons. The molecule has 7 heteroatoms. The van der Waals surface area contributed by atoms with Crippen LogP contribution in [0, 0.1) is 6.92 Å². The van der Waals surface area contributed by atoms with Gasteiger partial charge in [-0.25, -0.2) is 15.0 Å². The summed E-state index contributed by atoms with van der Waals surface area (Å²) in [5.74, 6) is 4.01. The monoisotopic (exact) mass is 341 g/mol. The van der Waals surface area contributed by atoms with Gasteiger partial charge in [0.05, 0.1) is 0 Å². The molecule has 0 saturated carbocycles. The van der Waals surface area contributed by atoms with Gasteiger partial charge in [-0.05, 0) is 13.0 Å². The fourth-order valence-corrected chi connectivity index (χ4v) is 2.86. The van der Waals surface area contributed by atoms with Crippen LogP contribution in [0.5, 0.6) is 0 Å². The van der Waals surface area contributed by atoms with Gasteiger partial charge in [-0.2, -0.15) is 4.98 Å². The first-order valence-electron chi connectivity index (χ1n) is 8.80. The van der Waals surface area contributed by atoms with Gasteiger partial charge >= 0.3 is 0 Å². The van der Waals surface area contributed by atoms with E-state index in [4.69, 9.17) is 4.98 Å². The first-order chi connectivity index (χ1) is 11.9. The van der Waals surface area contributed by atoms with Gasteiger partial charge in [-0.1, -0.05) is 13.8 Å². The highest BCUT2D eigenvalue weighted by molar-refractivity contribution is 5.47. The van der Waals surface area contributed by atoms with Crippen molar-refractivity contribution in [1.82, 2.24) is 19.9 Å². The van der Waals surface area contributed by atoms with Gasteiger partial charge in [0.2, 0.25) is 5.95 Å². The maximum Gasteiger partial charge on any atom is 0.227 e. The molecule has 2 aromatic rings. The Morgan fingerprint density at radius 2 is 1.68 bits per heavy atom. The molecule has 0 spiro atoms. The predicted molar refractivity (Wildman–Crippen MR) is 102 cm³/mol. The van der Waals surface area contributed by atoms with Gasteiger partial charge in [0.1, 0.15) is 17.5 Å². The van der Waals surface area contributed by atoms with Crippen molar-refractivity contribution in [2.45, 2.75) is 26.7 Å². The van der Waals surface area contributed by atoms with Crippen LogP contribution in [0.4, 0.5) is 17.6 Å². The molecule has 134 valence electrons. The van der Waals surface area contributed by atoms with E-state index in [0.29, 0.717) is 5.92 Å². The molecule has 25 heavy (non-hydrogen) atoms. The molecule has 1 fully saturated rings. The van der Waals surface area contributed by atoms with Crippen molar-refractivity contribution in [3.8, 4) is 0 Å². The highest BCUT2D eigenvalue weighted by Gasteiger charge is 2.21. The predicted octanol–water partition coefficient (Wildman–Crippen LogP) is 2.09. The number of anilines is 3. The molecule has 2 aromatic heterocycles. The smallest absolute Gasteiger partial charge is 0.227 e. The lowest BCUT2D eigenvalue weighted by Crippen LogP contribution is -2.47. The molecule has 0 aromatic carbocycles. The second-order valence-corrected chi connectivity index (χ2v) is 6.96. The van der Waals surface area contributed by atoms with Crippen molar-refractivity contribution in [3.05, 3.63) is 29.8 Å². The van der Waals surface area contributed by atoms with Crippen LogP contribution in [0.1, 0.15) is 31.3 Å². The van der Waals surface area contributed by atoms with Gasteiger partial charge in [-0.3, -0.25) is 0 Å². The maximum atomic E-state index is 4.70. The van der Waals surface area contributed by atoms with Crippen LogP contribution in [0.15, 0.2) is 18.3 Å². The molecule has 0 aliphatic carbocycles. The van der Waals surface area contributed by atoms with Gasteiger partial charge in [0.25, 0.3) is 0 Å². The largest absolute Gasteiger partial charge is 0.363 e. The van der Waals surface area contributed by atoms with Gasteiger partial charge in [0.15, 0.2) is 0 Å². The van der Waals surface area contributed by atoms with Crippen molar-refractivity contribution in [3.63, 3.8) is 0 Å². The van der Waals surface area contributed by atoms with E-state index in [9.17, 15) is 0 Å².